The van der Waals surface area contributed by atoms with Gasteiger partial charge in [-0.15, -0.1) is 0 Å². The molecule has 0 saturated heterocycles. The lowest BCUT2D eigenvalue weighted by molar-refractivity contribution is 0.0916. The molecule has 0 fully saturated rings. The number of methoxy groups -OCH3 is 1. The van der Waals surface area contributed by atoms with Crippen LogP contribution in [0.2, 0.25) is 0 Å². The zero-order valence-electron chi connectivity index (χ0n) is 13.2. The predicted octanol–water partition coefficient (Wildman–Crippen LogP) is 3.77. The van der Waals surface area contributed by atoms with Crippen molar-refractivity contribution in [3.63, 3.8) is 0 Å². The number of nitrogens with one attached hydrogen (secondary N) is 1. The number of carbonyl (C=O) groups is 1. The first-order chi connectivity index (χ1) is 10.4. The van der Waals surface area contributed by atoms with Crippen molar-refractivity contribution in [3.05, 3.63) is 48.2 Å². The second-order valence-corrected chi connectivity index (χ2v) is 6.95. The van der Waals surface area contributed by atoms with Crippen LogP contribution in [0.1, 0.15) is 31.1 Å². The molecule has 1 heterocycles. The van der Waals surface area contributed by atoms with E-state index in [1.807, 2.05) is 51.1 Å². The van der Waals surface area contributed by atoms with Gasteiger partial charge in [0.2, 0.25) is 5.88 Å². The highest BCUT2D eigenvalue weighted by atomic mass is 32.2. The van der Waals surface area contributed by atoms with E-state index >= 15 is 0 Å². The molecule has 2 aromatic rings. The van der Waals surface area contributed by atoms with Gasteiger partial charge in [0.1, 0.15) is 0 Å². The van der Waals surface area contributed by atoms with E-state index in [0.29, 0.717) is 11.4 Å². The topological polar surface area (TPSA) is 51.2 Å². The number of benzene rings is 1. The van der Waals surface area contributed by atoms with Crippen molar-refractivity contribution in [2.24, 2.45) is 0 Å². The standard InChI is InChI=1S/C17H20N2O2S/c1-17(2,3)19-16(20)13-7-5-6-8-14(13)22-12-9-10-15(21-4)18-11-12/h5-11H,1-4H3,(H,19,20). The van der Waals surface area contributed by atoms with E-state index < -0.39 is 0 Å². The second-order valence-electron chi connectivity index (χ2n) is 5.84. The molecule has 1 aromatic heterocycles. The van der Waals surface area contributed by atoms with Crippen LogP contribution in [0.25, 0.3) is 0 Å². The molecule has 2 rings (SSSR count). The molecule has 0 saturated carbocycles. The molecule has 4 nitrogen and oxygen atoms in total. The number of amides is 1. The number of rotatable bonds is 4. The molecule has 22 heavy (non-hydrogen) atoms. The van der Waals surface area contributed by atoms with Gasteiger partial charge in [-0.1, -0.05) is 23.9 Å². The van der Waals surface area contributed by atoms with Crippen LogP contribution in [0.15, 0.2) is 52.4 Å². The van der Waals surface area contributed by atoms with Crippen LogP contribution in [-0.2, 0) is 0 Å². The molecule has 0 unspecified atom stereocenters. The molecular weight excluding hydrogens is 296 g/mol. The fourth-order valence-electron chi connectivity index (χ4n) is 1.83. The van der Waals surface area contributed by atoms with Crippen LogP contribution in [0, 0.1) is 0 Å². The molecule has 116 valence electrons. The van der Waals surface area contributed by atoms with E-state index in [0.717, 1.165) is 9.79 Å². The Morgan fingerprint density at radius 2 is 1.91 bits per heavy atom. The maximum Gasteiger partial charge on any atom is 0.252 e. The van der Waals surface area contributed by atoms with Crippen molar-refractivity contribution < 1.29 is 9.53 Å². The Balaban J connectivity index is 2.22. The summed E-state index contributed by atoms with van der Waals surface area (Å²) in [6.45, 7) is 5.90. The van der Waals surface area contributed by atoms with Crippen molar-refractivity contribution in [1.82, 2.24) is 10.3 Å². The smallest absolute Gasteiger partial charge is 0.252 e. The third-order valence-corrected chi connectivity index (χ3v) is 3.82. The number of pyridine rings is 1. The van der Waals surface area contributed by atoms with Crippen LogP contribution in [0.5, 0.6) is 5.88 Å². The molecule has 5 heteroatoms. The van der Waals surface area contributed by atoms with Crippen molar-refractivity contribution in [2.45, 2.75) is 36.1 Å². The molecule has 0 bridgehead atoms. The van der Waals surface area contributed by atoms with Gasteiger partial charge in [-0.3, -0.25) is 4.79 Å². The van der Waals surface area contributed by atoms with Crippen molar-refractivity contribution in [1.29, 1.82) is 0 Å². The van der Waals surface area contributed by atoms with E-state index in [4.69, 9.17) is 4.74 Å². The summed E-state index contributed by atoms with van der Waals surface area (Å²) in [6.07, 6.45) is 1.74. The number of ether oxygens (including phenoxy) is 1. The van der Waals surface area contributed by atoms with E-state index in [1.165, 1.54) is 11.8 Å². The number of aromatic nitrogens is 1. The molecule has 0 spiro atoms. The maximum absolute atomic E-state index is 12.4. The minimum atomic E-state index is -0.267. The highest BCUT2D eigenvalue weighted by molar-refractivity contribution is 7.99. The SMILES string of the molecule is COc1ccc(Sc2ccccc2C(=O)NC(C)(C)C)cn1. The van der Waals surface area contributed by atoms with Gasteiger partial charge in [-0.2, -0.15) is 0 Å². The summed E-state index contributed by atoms with van der Waals surface area (Å²) in [5.41, 5.74) is 0.398. The van der Waals surface area contributed by atoms with Crippen LogP contribution < -0.4 is 10.1 Å². The zero-order valence-corrected chi connectivity index (χ0v) is 14.0. The lowest BCUT2D eigenvalue weighted by Gasteiger charge is -2.21. The quantitative estimate of drug-likeness (QED) is 0.933. The minimum Gasteiger partial charge on any atom is -0.481 e. The van der Waals surface area contributed by atoms with Gasteiger partial charge in [0.05, 0.1) is 12.7 Å². The van der Waals surface area contributed by atoms with E-state index in [1.54, 1.807) is 19.4 Å². The molecular formula is C17H20N2O2S. The van der Waals surface area contributed by atoms with Gasteiger partial charge < -0.3 is 10.1 Å². The Hall–Kier alpha value is -2.01. The van der Waals surface area contributed by atoms with Gasteiger partial charge in [0.15, 0.2) is 0 Å². The number of hydrogen-bond acceptors (Lipinski definition) is 4. The van der Waals surface area contributed by atoms with Crippen LogP contribution in [-0.4, -0.2) is 23.5 Å². The minimum absolute atomic E-state index is 0.0722. The molecule has 1 amide bonds. The van der Waals surface area contributed by atoms with Crippen LogP contribution in [0.3, 0.4) is 0 Å². The maximum atomic E-state index is 12.4. The number of hydrogen-bond donors (Lipinski definition) is 1. The lowest BCUT2D eigenvalue weighted by atomic mass is 10.1. The normalized spacial score (nSPS) is 11.1. The molecule has 0 aliphatic rings. The summed E-state index contributed by atoms with van der Waals surface area (Å²) in [5, 5.41) is 2.99. The summed E-state index contributed by atoms with van der Waals surface area (Å²) < 4.78 is 5.05. The van der Waals surface area contributed by atoms with E-state index in [2.05, 4.69) is 10.3 Å². The molecule has 0 radical (unpaired) electrons. The van der Waals surface area contributed by atoms with Gasteiger partial charge in [-0.25, -0.2) is 4.98 Å². The second kappa shape index (κ2) is 6.83. The molecule has 0 aliphatic heterocycles. The highest BCUT2D eigenvalue weighted by Gasteiger charge is 2.18. The fourth-order valence-corrected chi connectivity index (χ4v) is 2.74. The summed E-state index contributed by atoms with van der Waals surface area (Å²) in [6, 6.07) is 11.3. The number of nitrogens with zero attached hydrogens (tertiary/aromatic N) is 1. The summed E-state index contributed by atoms with van der Waals surface area (Å²) in [7, 11) is 1.58. The Morgan fingerprint density at radius 1 is 1.18 bits per heavy atom. The lowest BCUT2D eigenvalue weighted by Crippen LogP contribution is -2.40. The van der Waals surface area contributed by atoms with Crippen LogP contribution >= 0.6 is 11.8 Å². The van der Waals surface area contributed by atoms with Crippen molar-refractivity contribution in [2.75, 3.05) is 7.11 Å². The average molecular weight is 316 g/mol. The largest absolute Gasteiger partial charge is 0.481 e. The summed E-state index contributed by atoms with van der Waals surface area (Å²) in [5.74, 6) is 0.500. The average Bonchev–Trinajstić information content (AvgIpc) is 2.47. The van der Waals surface area contributed by atoms with E-state index in [9.17, 15) is 4.79 Å². The first-order valence-electron chi connectivity index (χ1n) is 6.98. The Morgan fingerprint density at radius 3 is 2.50 bits per heavy atom. The Bertz CT molecular complexity index is 648. The van der Waals surface area contributed by atoms with Crippen molar-refractivity contribution >= 4 is 17.7 Å². The molecule has 1 N–H and O–H groups in total. The van der Waals surface area contributed by atoms with Gasteiger partial charge in [0.25, 0.3) is 5.91 Å². The highest BCUT2D eigenvalue weighted by Crippen LogP contribution is 2.30. The monoisotopic (exact) mass is 316 g/mol. The van der Waals surface area contributed by atoms with Crippen LogP contribution in [0.4, 0.5) is 0 Å². The summed E-state index contributed by atoms with van der Waals surface area (Å²) >= 11 is 1.51. The fraction of sp³-hybridized carbons (Fsp3) is 0.294. The van der Waals surface area contributed by atoms with Gasteiger partial charge in [0, 0.05) is 27.6 Å². The zero-order chi connectivity index (χ0) is 16.2. The molecule has 0 atom stereocenters. The molecule has 0 aliphatic carbocycles. The first-order valence-corrected chi connectivity index (χ1v) is 7.80. The Labute approximate surface area is 135 Å². The molecule has 1 aromatic carbocycles. The first kappa shape index (κ1) is 16.4. The van der Waals surface area contributed by atoms with Gasteiger partial charge in [-0.05, 0) is 39.0 Å². The number of carbonyl (C=O) groups excluding carboxylic acids is 1. The predicted molar refractivity (Wildman–Crippen MR) is 88.6 cm³/mol. The third-order valence-electron chi connectivity index (χ3n) is 2.77. The van der Waals surface area contributed by atoms with E-state index in [-0.39, 0.29) is 11.4 Å². The van der Waals surface area contributed by atoms with Gasteiger partial charge >= 0.3 is 0 Å². The summed E-state index contributed by atoms with van der Waals surface area (Å²) in [4.78, 5) is 18.5. The Kier molecular flexibility index (Phi) is 5.08. The third kappa shape index (κ3) is 4.49. The van der Waals surface area contributed by atoms with Crippen molar-refractivity contribution in [3.8, 4) is 5.88 Å².